The maximum atomic E-state index is 12.2. The van der Waals surface area contributed by atoms with E-state index in [2.05, 4.69) is 25.8 Å². The van der Waals surface area contributed by atoms with Gasteiger partial charge >= 0.3 is 5.69 Å². The molecule has 0 spiro atoms. The molecule has 0 atom stereocenters. The van der Waals surface area contributed by atoms with Crippen LogP contribution in [0.3, 0.4) is 0 Å². The van der Waals surface area contributed by atoms with Crippen molar-refractivity contribution in [2.45, 2.75) is 6.54 Å². The van der Waals surface area contributed by atoms with Crippen molar-refractivity contribution in [3.63, 3.8) is 0 Å². The first-order valence-electron chi connectivity index (χ1n) is 8.62. The molecule has 8 heteroatoms. The predicted octanol–water partition coefficient (Wildman–Crippen LogP) is 0.736. The Hall–Kier alpha value is -2.74. The Morgan fingerprint density at radius 1 is 1.15 bits per heavy atom. The number of aromatic amines is 2. The van der Waals surface area contributed by atoms with Crippen LogP contribution < -0.4 is 15.3 Å². The van der Waals surface area contributed by atoms with Crippen LogP contribution in [0.2, 0.25) is 0 Å². The molecule has 2 N–H and O–H groups in total. The summed E-state index contributed by atoms with van der Waals surface area (Å²) in [4.78, 5) is 35.2. The smallest absolute Gasteiger partial charge is 0.323 e. The van der Waals surface area contributed by atoms with Crippen molar-refractivity contribution in [3.8, 4) is 5.75 Å². The fourth-order valence-electron chi connectivity index (χ4n) is 3.21. The second kappa shape index (κ2) is 7.65. The summed E-state index contributed by atoms with van der Waals surface area (Å²) in [5.74, 6) is 0.667. The van der Waals surface area contributed by atoms with Crippen LogP contribution in [-0.2, 0) is 6.54 Å². The molecular formula is C18H25N5O3. The second-order valence-electron chi connectivity index (χ2n) is 6.57. The van der Waals surface area contributed by atoms with Crippen molar-refractivity contribution >= 4 is 11.6 Å². The summed E-state index contributed by atoms with van der Waals surface area (Å²) in [5.41, 5.74) is 1.72. The highest BCUT2D eigenvalue weighted by Crippen LogP contribution is 2.28. The molecule has 0 aliphatic carbocycles. The van der Waals surface area contributed by atoms with Crippen molar-refractivity contribution in [2.75, 3.05) is 52.3 Å². The number of nitrogens with zero attached hydrogens (tertiary/aromatic N) is 3. The van der Waals surface area contributed by atoms with Crippen LogP contribution in [0.5, 0.6) is 5.75 Å². The number of hydrogen-bond donors (Lipinski definition) is 2. The third kappa shape index (κ3) is 3.75. The van der Waals surface area contributed by atoms with Crippen LogP contribution in [0.4, 0.5) is 5.69 Å². The number of aromatic nitrogens is 2. The normalized spacial score (nSPS) is 15.1. The molecule has 0 radical (unpaired) electrons. The van der Waals surface area contributed by atoms with E-state index in [0.29, 0.717) is 17.9 Å². The number of ether oxygens (including phenoxy) is 1. The zero-order chi connectivity index (χ0) is 18.7. The van der Waals surface area contributed by atoms with Crippen molar-refractivity contribution in [2.24, 2.45) is 0 Å². The first-order valence-corrected chi connectivity index (χ1v) is 8.62. The Balaban J connectivity index is 1.67. The number of H-pyrrole nitrogens is 2. The highest BCUT2D eigenvalue weighted by Gasteiger charge is 2.23. The minimum absolute atomic E-state index is 0.203. The zero-order valence-electron chi connectivity index (χ0n) is 15.4. The SMILES string of the molecule is COc1ccccc1N1CCN(Cc2[nH]c(=O)[nH]c2C(=O)N(C)C)CC1. The average Bonchev–Trinajstić information content (AvgIpc) is 3.01. The van der Waals surface area contributed by atoms with E-state index in [1.54, 1.807) is 21.2 Å². The first-order chi connectivity index (χ1) is 12.5. The third-order valence-electron chi connectivity index (χ3n) is 4.60. The summed E-state index contributed by atoms with van der Waals surface area (Å²) in [7, 11) is 5.02. The first kappa shape index (κ1) is 18.1. The minimum Gasteiger partial charge on any atom is -0.495 e. The molecule has 1 amide bonds. The number of para-hydroxylation sites is 2. The van der Waals surface area contributed by atoms with E-state index in [1.165, 1.54) is 4.90 Å². The van der Waals surface area contributed by atoms with E-state index < -0.39 is 0 Å². The second-order valence-corrected chi connectivity index (χ2v) is 6.57. The van der Waals surface area contributed by atoms with Gasteiger partial charge < -0.3 is 24.5 Å². The molecular weight excluding hydrogens is 334 g/mol. The fourth-order valence-corrected chi connectivity index (χ4v) is 3.21. The number of hydrogen-bond acceptors (Lipinski definition) is 5. The van der Waals surface area contributed by atoms with Gasteiger partial charge in [-0.25, -0.2) is 4.79 Å². The Kier molecular flexibility index (Phi) is 5.32. The van der Waals surface area contributed by atoms with Gasteiger partial charge in [-0.05, 0) is 12.1 Å². The summed E-state index contributed by atoms with van der Waals surface area (Å²) in [6, 6.07) is 8.00. The monoisotopic (exact) mass is 359 g/mol. The van der Waals surface area contributed by atoms with Gasteiger partial charge in [-0.1, -0.05) is 12.1 Å². The van der Waals surface area contributed by atoms with E-state index in [1.807, 2.05) is 18.2 Å². The highest BCUT2D eigenvalue weighted by atomic mass is 16.5. The van der Waals surface area contributed by atoms with Crippen molar-refractivity contribution in [3.05, 3.63) is 46.1 Å². The maximum Gasteiger partial charge on any atom is 0.323 e. The molecule has 1 aliphatic heterocycles. The van der Waals surface area contributed by atoms with Crippen molar-refractivity contribution in [1.29, 1.82) is 0 Å². The number of nitrogens with one attached hydrogen (secondary N) is 2. The van der Waals surface area contributed by atoms with E-state index in [9.17, 15) is 9.59 Å². The number of rotatable bonds is 5. The number of anilines is 1. The molecule has 26 heavy (non-hydrogen) atoms. The molecule has 0 bridgehead atoms. The number of piperazine rings is 1. The van der Waals surface area contributed by atoms with Gasteiger partial charge in [-0.15, -0.1) is 0 Å². The summed E-state index contributed by atoms with van der Waals surface area (Å²) in [5, 5.41) is 0. The van der Waals surface area contributed by atoms with E-state index >= 15 is 0 Å². The molecule has 1 aromatic heterocycles. The molecule has 2 aromatic rings. The number of carbonyl (C=O) groups is 1. The number of benzene rings is 1. The molecule has 0 saturated carbocycles. The van der Waals surface area contributed by atoms with Crippen LogP contribution in [0.1, 0.15) is 16.2 Å². The molecule has 3 rings (SSSR count). The van der Waals surface area contributed by atoms with Crippen LogP contribution >= 0.6 is 0 Å². The standard InChI is InChI=1S/C18H25N5O3/c1-21(2)17(24)16-13(19-18(25)20-16)12-22-8-10-23(11-9-22)14-6-4-5-7-15(14)26-3/h4-7H,8-12H2,1-3H3,(H2,19,20,25). The van der Waals surface area contributed by atoms with Gasteiger partial charge in [0.05, 0.1) is 18.5 Å². The summed E-state index contributed by atoms with van der Waals surface area (Å²) in [6.45, 7) is 3.91. The third-order valence-corrected chi connectivity index (χ3v) is 4.60. The lowest BCUT2D eigenvalue weighted by atomic mass is 10.2. The highest BCUT2D eigenvalue weighted by molar-refractivity contribution is 5.93. The van der Waals surface area contributed by atoms with E-state index in [0.717, 1.165) is 37.6 Å². The largest absolute Gasteiger partial charge is 0.495 e. The molecule has 2 heterocycles. The molecule has 8 nitrogen and oxygen atoms in total. The summed E-state index contributed by atoms with van der Waals surface area (Å²) in [6.07, 6.45) is 0. The molecule has 140 valence electrons. The maximum absolute atomic E-state index is 12.2. The number of amides is 1. The molecule has 1 aromatic carbocycles. The van der Waals surface area contributed by atoms with Crippen LogP contribution in [-0.4, -0.2) is 73.1 Å². The van der Waals surface area contributed by atoms with Crippen molar-refractivity contribution < 1.29 is 9.53 Å². The van der Waals surface area contributed by atoms with Crippen LogP contribution in [0, 0.1) is 0 Å². The van der Waals surface area contributed by atoms with Crippen molar-refractivity contribution in [1.82, 2.24) is 19.8 Å². The lowest BCUT2D eigenvalue weighted by Gasteiger charge is -2.36. The molecule has 1 saturated heterocycles. The Morgan fingerprint density at radius 2 is 1.85 bits per heavy atom. The topological polar surface area (TPSA) is 84.7 Å². The molecule has 1 fully saturated rings. The Labute approximate surface area is 152 Å². The average molecular weight is 359 g/mol. The Bertz CT molecular complexity index is 818. The van der Waals surface area contributed by atoms with Gasteiger partial charge in [0.25, 0.3) is 5.91 Å². The summed E-state index contributed by atoms with van der Waals surface area (Å²) < 4.78 is 5.45. The van der Waals surface area contributed by atoms with Gasteiger partial charge in [0.2, 0.25) is 0 Å². The fraction of sp³-hybridized carbons (Fsp3) is 0.444. The van der Waals surface area contributed by atoms with Crippen LogP contribution in [0.15, 0.2) is 29.1 Å². The van der Waals surface area contributed by atoms with Gasteiger partial charge in [-0.2, -0.15) is 0 Å². The van der Waals surface area contributed by atoms with Gasteiger partial charge in [0, 0.05) is 46.8 Å². The molecule has 0 unspecified atom stereocenters. The van der Waals surface area contributed by atoms with Crippen LogP contribution in [0.25, 0.3) is 0 Å². The quantitative estimate of drug-likeness (QED) is 0.822. The zero-order valence-corrected chi connectivity index (χ0v) is 15.4. The Morgan fingerprint density at radius 3 is 2.50 bits per heavy atom. The molecule has 1 aliphatic rings. The number of methoxy groups -OCH3 is 1. The summed E-state index contributed by atoms with van der Waals surface area (Å²) >= 11 is 0. The minimum atomic E-state index is -0.349. The van der Waals surface area contributed by atoms with Gasteiger partial charge in [0.15, 0.2) is 0 Å². The van der Waals surface area contributed by atoms with Gasteiger partial charge in [-0.3, -0.25) is 9.69 Å². The number of carbonyl (C=O) groups excluding carboxylic acids is 1. The van der Waals surface area contributed by atoms with E-state index in [4.69, 9.17) is 4.74 Å². The number of imidazole rings is 1. The lowest BCUT2D eigenvalue weighted by molar-refractivity contribution is 0.0819. The lowest BCUT2D eigenvalue weighted by Crippen LogP contribution is -2.46. The van der Waals surface area contributed by atoms with E-state index in [-0.39, 0.29) is 11.6 Å². The van der Waals surface area contributed by atoms with Gasteiger partial charge in [0.1, 0.15) is 11.4 Å². The predicted molar refractivity (Wildman–Crippen MR) is 99.9 cm³/mol.